The van der Waals surface area contributed by atoms with Crippen LogP contribution in [0.4, 0.5) is 27.8 Å². The van der Waals surface area contributed by atoms with Crippen molar-refractivity contribution in [3.8, 4) is 0 Å². The van der Waals surface area contributed by atoms with Crippen LogP contribution < -0.4 is 15.5 Å². The lowest BCUT2D eigenvalue weighted by Crippen LogP contribution is -2.42. The maximum Gasteiger partial charge on any atom is 0.256 e. The molecule has 2 aromatic heterocycles. The molecular weight excluding hydrogens is 487 g/mol. The molecule has 3 aromatic rings. The number of piperidine rings is 1. The summed E-state index contributed by atoms with van der Waals surface area (Å²) in [5, 5.41) is 13.7. The van der Waals surface area contributed by atoms with Gasteiger partial charge in [-0.3, -0.25) is 9.89 Å². The van der Waals surface area contributed by atoms with Gasteiger partial charge in [-0.15, -0.1) is 0 Å². The highest BCUT2D eigenvalue weighted by Gasteiger charge is 2.26. The van der Waals surface area contributed by atoms with Gasteiger partial charge in [0.1, 0.15) is 11.6 Å². The van der Waals surface area contributed by atoms with Crippen molar-refractivity contribution in [3.63, 3.8) is 0 Å². The van der Waals surface area contributed by atoms with Crippen LogP contribution in [0.1, 0.15) is 28.9 Å². The van der Waals surface area contributed by atoms with E-state index in [9.17, 15) is 9.18 Å². The molecule has 0 saturated carbocycles. The van der Waals surface area contributed by atoms with Gasteiger partial charge in [0, 0.05) is 57.7 Å². The van der Waals surface area contributed by atoms with E-state index in [1.807, 2.05) is 31.0 Å². The first-order valence-electron chi connectivity index (χ1n) is 11.7. The molecule has 1 saturated heterocycles. The van der Waals surface area contributed by atoms with Crippen LogP contribution in [-0.2, 0) is 4.74 Å². The van der Waals surface area contributed by atoms with Crippen molar-refractivity contribution >= 4 is 40.9 Å². The number of methoxy groups -OCH3 is 1. The van der Waals surface area contributed by atoms with Gasteiger partial charge in [0.2, 0.25) is 5.95 Å². The number of benzene rings is 1. The first-order chi connectivity index (χ1) is 17.3. The Morgan fingerprint density at radius 3 is 2.75 bits per heavy atom. The smallest absolute Gasteiger partial charge is 0.256 e. The number of hydrogen-bond donors (Lipinski definition) is 3. The molecule has 12 heteroatoms. The van der Waals surface area contributed by atoms with Crippen molar-refractivity contribution in [2.45, 2.75) is 25.8 Å². The maximum absolute atomic E-state index is 14.3. The fourth-order valence-corrected chi connectivity index (χ4v) is 4.14. The summed E-state index contributed by atoms with van der Waals surface area (Å²) in [6, 6.07) is 8.27. The van der Waals surface area contributed by atoms with E-state index >= 15 is 0 Å². The van der Waals surface area contributed by atoms with E-state index in [1.165, 1.54) is 12.1 Å². The molecule has 10 nitrogen and oxygen atoms in total. The number of anilines is 4. The minimum Gasteiger partial charge on any atom is -0.383 e. The van der Waals surface area contributed by atoms with Gasteiger partial charge in [-0.25, -0.2) is 4.39 Å². The monoisotopic (exact) mass is 516 g/mol. The number of H-pyrrole nitrogens is 1. The van der Waals surface area contributed by atoms with Gasteiger partial charge >= 0.3 is 0 Å². The second-order valence-corrected chi connectivity index (χ2v) is 9.13. The highest BCUT2D eigenvalue weighted by molar-refractivity contribution is 6.31. The lowest BCUT2D eigenvalue weighted by Gasteiger charge is -2.32. The Kier molecular flexibility index (Phi) is 8.21. The Bertz CT molecular complexity index is 1200. The van der Waals surface area contributed by atoms with Gasteiger partial charge in [-0.05, 0) is 31.9 Å². The molecule has 3 heterocycles. The zero-order valence-corrected chi connectivity index (χ0v) is 21.3. The molecule has 0 radical (unpaired) electrons. The van der Waals surface area contributed by atoms with E-state index in [2.05, 4.69) is 30.8 Å². The molecule has 4 rings (SSSR count). The summed E-state index contributed by atoms with van der Waals surface area (Å²) in [6.45, 7) is 4.10. The van der Waals surface area contributed by atoms with Crippen LogP contribution in [0.15, 0.2) is 30.3 Å². The van der Waals surface area contributed by atoms with Crippen molar-refractivity contribution in [1.82, 2.24) is 25.1 Å². The van der Waals surface area contributed by atoms with E-state index in [-0.39, 0.29) is 22.5 Å². The molecule has 1 fully saturated rings. The summed E-state index contributed by atoms with van der Waals surface area (Å²) < 4.78 is 19.5. The van der Waals surface area contributed by atoms with Crippen LogP contribution in [0.25, 0.3) is 0 Å². The second-order valence-electron chi connectivity index (χ2n) is 8.72. The largest absolute Gasteiger partial charge is 0.383 e. The Balaban J connectivity index is 1.44. The Morgan fingerprint density at radius 1 is 1.28 bits per heavy atom. The highest BCUT2D eigenvalue weighted by Crippen LogP contribution is 2.24. The summed E-state index contributed by atoms with van der Waals surface area (Å²) in [7, 11) is 3.60. The number of aromatic nitrogens is 4. The number of hydrogen-bond acceptors (Lipinski definition) is 8. The van der Waals surface area contributed by atoms with Crippen molar-refractivity contribution < 1.29 is 13.9 Å². The minimum atomic E-state index is -0.681. The molecule has 3 N–H and O–H groups in total. The Morgan fingerprint density at radius 2 is 2.06 bits per heavy atom. The molecule has 1 aliphatic rings. The third-order valence-corrected chi connectivity index (χ3v) is 6.29. The number of carbonyl (C=O) groups is 1. The molecule has 0 aliphatic carbocycles. The molecular formula is C24H30ClFN8O2. The summed E-state index contributed by atoms with van der Waals surface area (Å²) in [4.78, 5) is 25.8. The van der Waals surface area contributed by atoms with Gasteiger partial charge < -0.3 is 25.2 Å². The SMILES string of the molecule is COCCN(C)c1cc(Nc2cc(C)[nH]n2)nc(NC2CCN(C(=O)c3cccc(Cl)c3F)CC2)n1. The number of halogens is 2. The third kappa shape index (κ3) is 6.21. The molecule has 0 bridgehead atoms. The quantitative estimate of drug-likeness (QED) is 0.393. The number of nitrogens with one attached hydrogen (secondary N) is 3. The maximum atomic E-state index is 14.3. The molecule has 1 aliphatic heterocycles. The van der Waals surface area contributed by atoms with Crippen molar-refractivity contribution in [1.29, 1.82) is 0 Å². The summed E-state index contributed by atoms with van der Waals surface area (Å²) in [6.07, 6.45) is 1.34. The minimum absolute atomic E-state index is 0.00615. The van der Waals surface area contributed by atoms with Crippen LogP contribution in [0.3, 0.4) is 0 Å². The van der Waals surface area contributed by atoms with E-state index in [0.29, 0.717) is 56.7 Å². The number of rotatable bonds is 9. The zero-order chi connectivity index (χ0) is 25.7. The summed E-state index contributed by atoms with van der Waals surface area (Å²) >= 11 is 5.85. The average molecular weight is 517 g/mol. The molecule has 0 atom stereocenters. The first-order valence-corrected chi connectivity index (χ1v) is 12.1. The average Bonchev–Trinajstić information content (AvgIpc) is 3.28. The number of nitrogens with zero attached hydrogens (tertiary/aromatic N) is 5. The molecule has 36 heavy (non-hydrogen) atoms. The third-order valence-electron chi connectivity index (χ3n) is 5.99. The van der Waals surface area contributed by atoms with Gasteiger partial charge in [-0.1, -0.05) is 17.7 Å². The topological polar surface area (TPSA) is 111 Å². The second kappa shape index (κ2) is 11.5. The molecule has 1 aromatic carbocycles. The number of amides is 1. The number of likely N-dealkylation sites (tertiary alicyclic amines) is 1. The molecule has 192 valence electrons. The van der Waals surface area contributed by atoms with Gasteiger partial charge in [0.15, 0.2) is 11.6 Å². The first kappa shape index (κ1) is 25.6. The fraction of sp³-hybridized carbons (Fsp3) is 0.417. The normalized spacial score (nSPS) is 14.1. The fourth-order valence-electron chi connectivity index (χ4n) is 3.96. The van der Waals surface area contributed by atoms with Crippen molar-refractivity contribution in [2.75, 3.05) is 55.9 Å². The van der Waals surface area contributed by atoms with E-state index < -0.39 is 5.82 Å². The lowest BCUT2D eigenvalue weighted by atomic mass is 10.0. The number of aryl methyl sites for hydroxylation is 1. The van der Waals surface area contributed by atoms with Crippen LogP contribution in [0, 0.1) is 12.7 Å². The van der Waals surface area contributed by atoms with Crippen LogP contribution in [0.5, 0.6) is 0 Å². The number of aromatic amines is 1. The molecule has 1 amide bonds. The van der Waals surface area contributed by atoms with Gasteiger partial charge in [0.25, 0.3) is 5.91 Å². The van der Waals surface area contributed by atoms with E-state index in [1.54, 1.807) is 18.1 Å². The number of carbonyl (C=O) groups excluding carboxylic acids is 1. The summed E-state index contributed by atoms with van der Waals surface area (Å²) in [5.74, 6) is 1.41. The lowest BCUT2D eigenvalue weighted by molar-refractivity contribution is 0.0713. The predicted molar refractivity (Wildman–Crippen MR) is 138 cm³/mol. The standard InChI is InChI=1S/C24H30ClFN8O2/c1-15-13-20(32-31-15)28-19-14-21(33(2)11-12-36-3)30-24(29-19)27-16-7-9-34(10-8-16)23(35)17-5-4-6-18(25)22(17)26/h4-6,13-14,16H,7-12H2,1-3H3,(H3,27,28,29,30,31,32). The number of ether oxygens (including phenoxy) is 1. The Labute approximate surface area is 214 Å². The highest BCUT2D eigenvalue weighted by atomic mass is 35.5. The summed E-state index contributed by atoms with van der Waals surface area (Å²) in [5.41, 5.74) is 0.926. The van der Waals surface area contributed by atoms with Crippen molar-refractivity contribution in [3.05, 3.63) is 52.4 Å². The van der Waals surface area contributed by atoms with Crippen LogP contribution in [-0.4, -0.2) is 77.4 Å². The van der Waals surface area contributed by atoms with E-state index in [4.69, 9.17) is 16.3 Å². The van der Waals surface area contributed by atoms with Gasteiger partial charge in [0.05, 0.1) is 17.2 Å². The predicted octanol–water partition coefficient (Wildman–Crippen LogP) is 3.84. The zero-order valence-electron chi connectivity index (χ0n) is 20.5. The molecule has 0 unspecified atom stereocenters. The van der Waals surface area contributed by atoms with Crippen molar-refractivity contribution in [2.24, 2.45) is 0 Å². The Hall–Kier alpha value is -3.44. The van der Waals surface area contributed by atoms with Crippen LogP contribution >= 0.6 is 11.6 Å². The van der Waals surface area contributed by atoms with Crippen LogP contribution in [0.2, 0.25) is 5.02 Å². The van der Waals surface area contributed by atoms with Gasteiger partial charge in [-0.2, -0.15) is 15.1 Å². The molecule has 0 spiro atoms. The van der Waals surface area contributed by atoms with E-state index in [0.717, 1.165) is 11.5 Å². The number of likely N-dealkylation sites (N-methyl/N-ethyl adjacent to an activating group) is 1.